The SMILES string of the molecule is C/C=C(\C)C(=O)O[C@@H]1[C@@H]2OC[C@]3(C)[C@H](OC(C)=O)C[C@H](O)[C@@](C)([C@@H]23)[C@H]2CC(=O)[C@@]3(C)C(=CC[C@H]3c3ccoc3)[C@]12C. The summed E-state index contributed by atoms with van der Waals surface area (Å²) in [7, 11) is 0. The molecule has 3 saturated carbocycles. The zero-order valence-corrected chi connectivity index (χ0v) is 25.1. The van der Waals surface area contributed by atoms with Gasteiger partial charge in [0, 0.05) is 53.4 Å². The predicted octanol–water partition coefficient (Wildman–Crippen LogP) is 4.91. The first kappa shape index (κ1) is 28.4. The van der Waals surface area contributed by atoms with Crippen LogP contribution in [0, 0.1) is 33.5 Å². The normalized spacial score (nSPS) is 46.7. The highest BCUT2D eigenvalue weighted by Gasteiger charge is 2.78. The quantitative estimate of drug-likeness (QED) is 0.311. The Morgan fingerprint density at radius 2 is 1.88 bits per heavy atom. The summed E-state index contributed by atoms with van der Waals surface area (Å²) in [5, 5.41) is 12.0. The maximum Gasteiger partial charge on any atom is 0.333 e. The van der Waals surface area contributed by atoms with E-state index in [1.807, 2.05) is 19.9 Å². The van der Waals surface area contributed by atoms with E-state index < -0.39 is 58.0 Å². The summed E-state index contributed by atoms with van der Waals surface area (Å²) in [6.07, 6.45) is 5.73. The topological polar surface area (TPSA) is 112 Å². The molecular formula is C33H42O8. The molecule has 0 bridgehead atoms. The molecule has 1 N–H and O–H groups in total. The maximum absolute atomic E-state index is 14.4. The van der Waals surface area contributed by atoms with Crippen molar-refractivity contribution in [3.05, 3.63) is 47.5 Å². The number of rotatable bonds is 4. The maximum atomic E-state index is 14.4. The smallest absolute Gasteiger partial charge is 0.333 e. The highest BCUT2D eigenvalue weighted by molar-refractivity contribution is 5.92. The lowest BCUT2D eigenvalue weighted by Gasteiger charge is -2.68. The molecule has 0 spiro atoms. The fourth-order valence-corrected chi connectivity index (χ4v) is 10.0. The third-order valence-electron chi connectivity index (χ3n) is 12.2. The van der Waals surface area contributed by atoms with Gasteiger partial charge in [0.05, 0.1) is 36.8 Å². The van der Waals surface area contributed by atoms with E-state index in [0.29, 0.717) is 18.6 Å². The van der Waals surface area contributed by atoms with Crippen molar-refractivity contribution < 1.29 is 38.1 Å². The van der Waals surface area contributed by atoms with Crippen LogP contribution in [-0.4, -0.2) is 53.9 Å². The minimum Gasteiger partial charge on any atom is -0.472 e. The van der Waals surface area contributed by atoms with Crippen molar-refractivity contribution in [2.75, 3.05) is 6.61 Å². The van der Waals surface area contributed by atoms with Crippen LogP contribution in [0.4, 0.5) is 0 Å². The Labute approximate surface area is 241 Å². The Hall–Kier alpha value is -2.71. The third-order valence-corrected chi connectivity index (χ3v) is 12.2. The second-order valence-corrected chi connectivity index (χ2v) is 13.9. The van der Waals surface area contributed by atoms with Crippen LogP contribution in [0.3, 0.4) is 0 Å². The summed E-state index contributed by atoms with van der Waals surface area (Å²) in [4.78, 5) is 40.0. The van der Waals surface area contributed by atoms with E-state index >= 15 is 0 Å². The highest BCUT2D eigenvalue weighted by atomic mass is 16.6. The number of Topliss-reactive ketones (excluding diaryl/α,β-unsaturated/α-hetero) is 1. The Morgan fingerprint density at radius 3 is 2.51 bits per heavy atom. The van der Waals surface area contributed by atoms with Gasteiger partial charge in [-0.05, 0) is 44.7 Å². The fourth-order valence-electron chi connectivity index (χ4n) is 10.0. The van der Waals surface area contributed by atoms with Gasteiger partial charge in [0.15, 0.2) is 0 Å². The zero-order valence-electron chi connectivity index (χ0n) is 25.1. The van der Waals surface area contributed by atoms with E-state index in [0.717, 1.165) is 11.1 Å². The predicted molar refractivity (Wildman–Crippen MR) is 148 cm³/mol. The van der Waals surface area contributed by atoms with Gasteiger partial charge in [0.2, 0.25) is 0 Å². The number of hydrogen-bond donors (Lipinski definition) is 1. The van der Waals surface area contributed by atoms with Crippen molar-refractivity contribution in [3.8, 4) is 0 Å². The molecule has 8 heteroatoms. The van der Waals surface area contributed by atoms with E-state index in [9.17, 15) is 19.5 Å². The molecule has 1 aromatic heterocycles. The third kappa shape index (κ3) is 3.49. The van der Waals surface area contributed by atoms with Gasteiger partial charge < -0.3 is 23.7 Å². The van der Waals surface area contributed by atoms with E-state index in [1.54, 1.807) is 32.4 Å². The Bertz CT molecular complexity index is 1340. The number of ether oxygens (including phenoxy) is 3. The standard InChI is InChI=1S/C33H42O8/c1-8-17(2)29(37)41-28-26-27-30(4,16-39-26)25(40-18(3)34)14-24(36)33(27,7)22-13-23(35)31(5)20(19-11-12-38-15-19)9-10-21(31)32(22,28)6/h8,10-12,15,20,22,24-28,36H,9,13-14,16H2,1-7H3/b17-8+/t20-,22-,24-,25+,26+,27-,28+,30+,31+,32-,33-/m0/s1. The first-order valence-corrected chi connectivity index (χ1v) is 14.8. The molecule has 4 aliphatic carbocycles. The van der Waals surface area contributed by atoms with Crippen LogP contribution in [-0.2, 0) is 28.6 Å². The van der Waals surface area contributed by atoms with E-state index in [4.69, 9.17) is 18.6 Å². The summed E-state index contributed by atoms with van der Waals surface area (Å²) in [6, 6.07) is 1.92. The molecule has 41 heavy (non-hydrogen) atoms. The number of hydrogen-bond acceptors (Lipinski definition) is 8. The average molecular weight is 567 g/mol. The van der Waals surface area contributed by atoms with Crippen molar-refractivity contribution in [3.63, 3.8) is 0 Å². The van der Waals surface area contributed by atoms with Gasteiger partial charge in [0.1, 0.15) is 18.0 Å². The largest absolute Gasteiger partial charge is 0.472 e. The number of carbonyl (C=O) groups excluding carboxylic acids is 3. The number of allylic oxidation sites excluding steroid dienone is 2. The highest BCUT2D eigenvalue weighted by Crippen LogP contribution is 2.75. The number of aliphatic hydroxyl groups is 1. The Kier molecular flexibility index (Phi) is 6.34. The first-order chi connectivity index (χ1) is 19.2. The second-order valence-electron chi connectivity index (χ2n) is 13.9. The molecular weight excluding hydrogens is 524 g/mol. The monoisotopic (exact) mass is 566 g/mol. The molecule has 0 amide bonds. The molecule has 6 rings (SSSR count). The van der Waals surface area contributed by atoms with Crippen LogP contribution in [0.1, 0.15) is 79.2 Å². The summed E-state index contributed by atoms with van der Waals surface area (Å²) < 4.78 is 24.3. The van der Waals surface area contributed by atoms with Crippen LogP contribution >= 0.6 is 0 Å². The lowest BCUT2D eigenvalue weighted by atomic mass is 9.36. The van der Waals surface area contributed by atoms with Crippen LogP contribution < -0.4 is 0 Å². The molecule has 0 radical (unpaired) electrons. The van der Waals surface area contributed by atoms with Crippen LogP contribution in [0.2, 0.25) is 0 Å². The van der Waals surface area contributed by atoms with Crippen LogP contribution in [0.25, 0.3) is 0 Å². The van der Waals surface area contributed by atoms with Crippen molar-refractivity contribution >= 4 is 17.7 Å². The van der Waals surface area contributed by atoms with Crippen molar-refractivity contribution in [1.29, 1.82) is 0 Å². The summed E-state index contributed by atoms with van der Waals surface area (Å²) in [5.74, 6) is -1.44. The molecule has 1 saturated heterocycles. The molecule has 11 atom stereocenters. The van der Waals surface area contributed by atoms with Gasteiger partial charge in [-0.15, -0.1) is 0 Å². The van der Waals surface area contributed by atoms with Crippen LogP contribution in [0.15, 0.2) is 46.3 Å². The molecule has 0 aromatic carbocycles. The average Bonchev–Trinajstić information content (AvgIpc) is 3.65. The fraction of sp³-hybridized carbons (Fsp3) is 0.667. The van der Waals surface area contributed by atoms with Crippen molar-refractivity contribution in [2.45, 2.75) is 98.1 Å². The number of fused-ring (bicyclic) bond motifs is 4. The van der Waals surface area contributed by atoms with E-state index in [1.165, 1.54) is 6.92 Å². The molecule has 8 nitrogen and oxygen atoms in total. The zero-order chi connectivity index (χ0) is 29.7. The number of carbonyl (C=O) groups is 3. The Morgan fingerprint density at radius 1 is 1.15 bits per heavy atom. The number of esters is 2. The molecule has 1 aliphatic heterocycles. The van der Waals surface area contributed by atoms with Crippen molar-refractivity contribution in [2.24, 2.45) is 33.5 Å². The van der Waals surface area contributed by atoms with Crippen molar-refractivity contribution in [1.82, 2.24) is 0 Å². The number of aliphatic hydroxyl groups excluding tert-OH is 1. The number of furan rings is 1. The number of ketones is 1. The molecule has 2 heterocycles. The van der Waals surface area contributed by atoms with Gasteiger partial charge in [-0.3, -0.25) is 9.59 Å². The van der Waals surface area contributed by atoms with Gasteiger partial charge in [-0.25, -0.2) is 4.79 Å². The summed E-state index contributed by atoms with van der Waals surface area (Å²) in [6.45, 7) is 13.5. The van der Waals surface area contributed by atoms with Gasteiger partial charge in [0.25, 0.3) is 0 Å². The molecule has 222 valence electrons. The van der Waals surface area contributed by atoms with E-state index in [-0.39, 0.29) is 36.4 Å². The minimum absolute atomic E-state index is 0.0972. The van der Waals surface area contributed by atoms with Crippen LogP contribution in [0.5, 0.6) is 0 Å². The van der Waals surface area contributed by atoms with E-state index in [2.05, 4.69) is 19.9 Å². The van der Waals surface area contributed by atoms with Gasteiger partial charge >= 0.3 is 11.9 Å². The second kappa shape index (κ2) is 9.14. The molecule has 4 fully saturated rings. The first-order valence-electron chi connectivity index (χ1n) is 14.8. The summed E-state index contributed by atoms with van der Waals surface area (Å²) in [5.41, 5.74) is -0.572. The Balaban J connectivity index is 1.54. The minimum atomic E-state index is -0.851. The summed E-state index contributed by atoms with van der Waals surface area (Å²) >= 11 is 0. The van der Waals surface area contributed by atoms with Gasteiger partial charge in [-0.1, -0.05) is 38.5 Å². The molecule has 5 aliphatic rings. The molecule has 1 aromatic rings. The lowest BCUT2D eigenvalue weighted by Crippen LogP contribution is -2.74. The van der Waals surface area contributed by atoms with Gasteiger partial charge in [-0.2, -0.15) is 0 Å². The lowest BCUT2D eigenvalue weighted by molar-refractivity contribution is -0.259. The molecule has 0 unspecified atom stereocenters.